The van der Waals surface area contributed by atoms with Gasteiger partial charge >= 0.3 is 0 Å². The number of nitrogens with two attached hydrogens (primary N) is 1. The van der Waals surface area contributed by atoms with Gasteiger partial charge in [0.15, 0.2) is 11.0 Å². The minimum Gasteiger partial charge on any atom is -0.393 e. The summed E-state index contributed by atoms with van der Waals surface area (Å²) in [4.78, 5) is 7.73. The molecular formula is C9H9ClN6. The molecule has 16 heavy (non-hydrogen) atoms. The first-order valence-electron chi connectivity index (χ1n) is 4.54. The molecule has 0 fully saturated rings. The Morgan fingerprint density at radius 2 is 2.25 bits per heavy atom. The Hall–Kier alpha value is -1.95. The first-order chi connectivity index (χ1) is 7.77. The Morgan fingerprint density at radius 1 is 1.38 bits per heavy atom. The largest absolute Gasteiger partial charge is 0.393 e. The third kappa shape index (κ3) is 2.34. The van der Waals surface area contributed by atoms with E-state index in [0.717, 1.165) is 5.69 Å². The van der Waals surface area contributed by atoms with Crippen LogP contribution in [0.15, 0.2) is 24.7 Å². The van der Waals surface area contributed by atoms with Gasteiger partial charge < -0.3 is 11.1 Å². The fourth-order valence-electron chi connectivity index (χ4n) is 1.12. The fraction of sp³-hybridized carbons (Fsp3) is 0.111. The average Bonchev–Trinajstić information content (AvgIpc) is 2.32. The van der Waals surface area contributed by atoms with E-state index in [-0.39, 0.29) is 5.15 Å². The van der Waals surface area contributed by atoms with Gasteiger partial charge in [-0.3, -0.25) is 0 Å². The molecule has 0 aliphatic rings. The van der Waals surface area contributed by atoms with Crippen LogP contribution in [-0.4, -0.2) is 20.2 Å². The van der Waals surface area contributed by atoms with E-state index in [0.29, 0.717) is 18.1 Å². The van der Waals surface area contributed by atoms with Crippen LogP contribution in [0, 0.1) is 0 Å². The number of nitrogen functional groups attached to an aromatic ring is 1. The zero-order valence-electron chi connectivity index (χ0n) is 8.26. The lowest BCUT2D eigenvalue weighted by atomic mass is 10.4. The van der Waals surface area contributed by atoms with Crippen molar-refractivity contribution in [3.8, 4) is 0 Å². The first kappa shape index (κ1) is 10.6. The molecule has 2 aromatic heterocycles. The van der Waals surface area contributed by atoms with E-state index in [2.05, 4.69) is 25.5 Å². The van der Waals surface area contributed by atoms with Crippen LogP contribution in [0.5, 0.6) is 0 Å². The van der Waals surface area contributed by atoms with Gasteiger partial charge in [-0.25, -0.2) is 9.97 Å². The second kappa shape index (κ2) is 4.71. The van der Waals surface area contributed by atoms with Crippen LogP contribution < -0.4 is 11.1 Å². The summed E-state index contributed by atoms with van der Waals surface area (Å²) < 4.78 is 0. The molecule has 0 spiro atoms. The van der Waals surface area contributed by atoms with Crippen molar-refractivity contribution in [1.29, 1.82) is 0 Å². The molecule has 0 aliphatic heterocycles. The Morgan fingerprint density at radius 3 is 3.00 bits per heavy atom. The molecule has 82 valence electrons. The van der Waals surface area contributed by atoms with E-state index in [1.807, 2.05) is 6.07 Å². The van der Waals surface area contributed by atoms with Crippen molar-refractivity contribution in [3.05, 3.63) is 35.5 Å². The Labute approximate surface area is 96.9 Å². The molecule has 2 heterocycles. The van der Waals surface area contributed by atoms with Gasteiger partial charge in [0.05, 0.1) is 12.2 Å². The summed E-state index contributed by atoms with van der Waals surface area (Å²) in [5.41, 5.74) is 6.81. The van der Waals surface area contributed by atoms with E-state index < -0.39 is 0 Å². The highest BCUT2D eigenvalue weighted by molar-refractivity contribution is 6.32. The van der Waals surface area contributed by atoms with Crippen LogP contribution in [0.3, 0.4) is 0 Å². The molecule has 2 rings (SSSR count). The molecule has 0 atom stereocenters. The summed E-state index contributed by atoms with van der Waals surface area (Å²) in [5.74, 6) is 0.491. The molecule has 0 aliphatic carbocycles. The molecule has 3 N–H and O–H groups in total. The molecule has 0 bridgehead atoms. The third-order valence-electron chi connectivity index (χ3n) is 1.90. The summed E-state index contributed by atoms with van der Waals surface area (Å²) in [7, 11) is 0. The predicted molar refractivity (Wildman–Crippen MR) is 60.8 cm³/mol. The summed E-state index contributed by atoms with van der Waals surface area (Å²) in [6.07, 6.45) is 2.96. The van der Waals surface area contributed by atoms with Gasteiger partial charge in [-0.15, -0.1) is 0 Å². The van der Waals surface area contributed by atoms with Gasteiger partial charge in [0, 0.05) is 6.20 Å². The van der Waals surface area contributed by atoms with Gasteiger partial charge in [-0.1, -0.05) is 11.6 Å². The molecule has 0 saturated carbocycles. The van der Waals surface area contributed by atoms with Crippen LogP contribution >= 0.6 is 11.6 Å². The van der Waals surface area contributed by atoms with Crippen LogP contribution in [0.1, 0.15) is 5.69 Å². The zero-order valence-corrected chi connectivity index (χ0v) is 9.02. The minimum atomic E-state index is 0.233. The second-order valence-electron chi connectivity index (χ2n) is 3.00. The van der Waals surface area contributed by atoms with Crippen LogP contribution in [0.25, 0.3) is 0 Å². The SMILES string of the molecule is Nc1c(Cl)ncnc1NCc1cccnn1. The number of hydrogen-bond donors (Lipinski definition) is 2. The topological polar surface area (TPSA) is 89.6 Å². The van der Waals surface area contributed by atoms with Gasteiger partial charge in [-0.2, -0.15) is 10.2 Å². The molecular weight excluding hydrogens is 228 g/mol. The summed E-state index contributed by atoms with van der Waals surface area (Å²) in [5, 5.41) is 10.9. The lowest BCUT2D eigenvalue weighted by Crippen LogP contribution is -2.07. The van der Waals surface area contributed by atoms with Crippen molar-refractivity contribution >= 4 is 23.1 Å². The maximum absolute atomic E-state index is 5.75. The lowest BCUT2D eigenvalue weighted by Gasteiger charge is -2.07. The summed E-state index contributed by atoms with van der Waals surface area (Å²) >= 11 is 5.75. The molecule has 0 amide bonds. The van der Waals surface area contributed by atoms with Crippen molar-refractivity contribution < 1.29 is 0 Å². The van der Waals surface area contributed by atoms with Gasteiger partial charge in [-0.05, 0) is 12.1 Å². The number of halogens is 1. The Kier molecular flexibility index (Phi) is 3.11. The number of nitrogens with one attached hydrogen (secondary N) is 1. The number of aromatic nitrogens is 4. The molecule has 7 heteroatoms. The number of nitrogens with zero attached hydrogens (tertiary/aromatic N) is 4. The third-order valence-corrected chi connectivity index (χ3v) is 2.20. The first-order valence-corrected chi connectivity index (χ1v) is 4.91. The number of hydrogen-bond acceptors (Lipinski definition) is 6. The number of anilines is 2. The Balaban J connectivity index is 2.08. The highest BCUT2D eigenvalue weighted by atomic mass is 35.5. The van der Waals surface area contributed by atoms with Crippen LogP contribution in [0.4, 0.5) is 11.5 Å². The molecule has 2 aromatic rings. The predicted octanol–water partition coefficient (Wildman–Crippen LogP) is 1.11. The van der Waals surface area contributed by atoms with Crippen molar-refractivity contribution in [2.75, 3.05) is 11.1 Å². The van der Waals surface area contributed by atoms with Gasteiger partial charge in [0.2, 0.25) is 0 Å². The highest BCUT2D eigenvalue weighted by Gasteiger charge is 2.05. The maximum atomic E-state index is 5.75. The van der Waals surface area contributed by atoms with Gasteiger partial charge in [0.25, 0.3) is 0 Å². The summed E-state index contributed by atoms with van der Waals surface area (Å²) in [6.45, 7) is 0.478. The van der Waals surface area contributed by atoms with Crippen molar-refractivity contribution in [2.45, 2.75) is 6.54 Å². The molecule has 6 nitrogen and oxygen atoms in total. The second-order valence-corrected chi connectivity index (χ2v) is 3.35. The standard InChI is InChI=1S/C9H9ClN6/c10-8-7(11)9(14-5-13-8)12-4-6-2-1-3-15-16-6/h1-3,5H,4,11H2,(H,12,13,14). The monoisotopic (exact) mass is 236 g/mol. The molecule has 0 saturated heterocycles. The van der Waals surface area contributed by atoms with E-state index >= 15 is 0 Å². The minimum absolute atomic E-state index is 0.233. The van der Waals surface area contributed by atoms with E-state index in [4.69, 9.17) is 17.3 Å². The Bertz CT molecular complexity index is 475. The number of rotatable bonds is 3. The fourth-order valence-corrected chi connectivity index (χ4v) is 1.25. The molecule has 0 unspecified atom stereocenters. The average molecular weight is 237 g/mol. The zero-order chi connectivity index (χ0) is 11.4. The van der Waals surface area contributed by atoms with Crippen molar-refractivity contribution in [2.24, 2.45) is 0 Å². The van der Waals surface area contributed by atoms with E-state index in [1.54, 1.807) is 12.3 Å². The lowest BCUT2D eigenvalue weighted by molar-refractivity contribution is 0.919. The van der Waals surface area contributed by atoms with Crippen LogP contribution in [0.2, 0.25) is 5.15 Å². The van der Waals surface area contributed by atoms with E-state index in [9.17, 15) is 0 Å². The summed E-state index contributed by atoms with van der Waals surface area (Å²) in [6, 6.07) is 3.65. The highest BCUT2D eigenvalue weighted by Crippen LogP contribution is 2.21. The van der Waals surface area contributed by atoms with Crippen molar-refractivity contribution in [3.63, 3.8) is 0 Å². The maximum Gasteiger partial charge on any atom is 0.157 e. The van der Waals surface area contributed by atoms with E-state index in [1.165, 1.54) is 6.33 Å². The van der Waals surface area contributed by atoms with Gasteiger partial charge in [0.1, 0.15) is 12.0 Å². The van der Waals surface area contributed by atoms with Crippen molar-refractivity contribution in [1.82, 2.24) is 20.2 Å². The molecule has 0 radical (unpaired) electrons. The normalized spacial score (nSPS) is 10.1. The smallest absolute Gasteiger partial charge is 0.157 e. The molecule has 0 aromatic carbocycles. The quantitative estimate of drug-likeness (QED) is 0.776. The van der Waals surface area contributed by atoms with Crippen LogP contribution in [-0.2, 0) is 6.54 Å².